The summed E-state index contributed by atoms with van der Waals surface area (Å²) in [7, 11) is 1.73. The van der Waals surface area contributed by atoms with Crippen molar-refractivity contribution in [2.75, 3.05) is 33.4 Å². The maximum atomic E-state index is 12.5. The molecule has 0 saturated carbocycles. The molecular formula is C19H28N4O2. The lowest BCUT2D eigenvalue weighted by atomic mass is 10.2. The molecule has 0 unspecified atom stereocenters. The number of rotatable bonds is 8. The zero-order chi connectivity index (χ0) is 17.6. The van der Waals surface area contributed by atoms with Crippen LogP contribution in [0.2, 0.25) is 0 Å². The summed E-state index contributed by atoms with van der Waals surface area (Å²) in [5.41, 5.74) is 1.98. The molecule has 1 saturated heterocycles. The maximum Gasteiger partial charge on any atom is 0.240 e. The van der Waals surface area contributed by atoms with Crippen molar-refractivity contribution in [1.82, 2.24) is 19.8 Å². The van der Waals surface area contributed by atoms with Crippen molar-refractivity contribution in [3.05, 3.63) is 30.1 Å². The largest absolute Gasteiger partial charge is 0.383 e. The molecule has 1 aliphatic rings. The molecule has 2 heterocycles. The van der Waals surface area contributed by atoms with E-state index in [0.717, 1.165) is 49.4 Å². The van der Waals surface area contributed by atoms with Crippen LogP contribution in [-0.2, 0) is 22.5 Å². The molecule has 2 aromatic rings. The van der Waals surface area contributed by atoms with Crippen LogP contribution < -0.4 is 5.32 Å². The second kappa shape index (κ2) is 8.45. The maximum absolute atomic E-state index is 12.5. The van der Waals surface area contributed by atoms with Gasteiger partial charge >= 0.3 is 0 Å². The Morgan fingerprint density at radius 1 is 1.40 bits per heavy atom. The Morgan fingerprint density at radius 2 is 2.24 bits per heavy atom. The lowest BCUT2D eigenvalue weighted by molar-refractivity contribution is -0.121. The quantitative estimate of drug-likeness (QED) is 0.794. The molecular weight excluding hydrogens is 316 g/mol. The van der Waals surface area contributed by atoms with Gasteiger partial charge in [-0.15, -0.1) is 0 Å². The standard InChI is InChI=1S/C19H28N4O2/c1-3-18-21-16-8-4-5-9-17(16)23(18)14-19(24)20-13-15-7-6-10-22(15)11-12-25-2/h4-5,8-9,15H,3,6-7,10-14H2,1-2H3,(H,20,24)/t15-/m1/s1. The van der Waals surface area contributed by atoms with Crippen molar-refractivity contribution < 1.29 is 9.53 Å². The topological polar surface area (TPSA) is 59.4 Å². The number of aryl methyl sites for hydroxylation is 1. The number of carbonyl (C=O) groups excluding carboxylic acids is 1. The van der Waals surface area contributed by atoms with Crippen LogP contribution in [0.4, 0.5) is 0 Å². The third kappa shape index (κ3) is 4.19. The van der Waals surface area contributed by atoms with E-state index < -0.39 is 0 Å². The number of likely N-dealkylation sites (tertiary alicyclic amines) is 1. The van der Waals surface area contributed by atoms with E-state index in [1.165, 1.54) is 6.42 Å². The Labute approximate surface area is 149 Å². The van der Waals surface area contributed by atoms with E-state index in [-0.39, 0.29) is 5.91 Å². The van der Waals surface area contributed by atoms with Crippen LogP contribution in [0, 0.1) is 0 Å². The Balaban J connectivity index is 1.59. The number of hydrogen-bond acceptors (Lipinski definition) is 4. The highest BCUT2D eigenvalue weighted by Crippen LogP contribution is 2.17. The second-order valence-electron chi connectivity index (χ2n) is 6.59. The predicted molar refractivity (Wildman–Crippen MR) is 98.6 cm³/mol. The minimum Gasteiger partial charge on any atom is -0.383 e. The smallest absolute Gasteiger partial charge is 0.240 e. The molecule has 1 atom stereocenters. The van der Waals surface area contributed by atoms with E-state index in [9.17, 15) is 4.79 Å². The number of nitrogens with one attached hydrogen (secondary N) is 1. The molecule has 1 aromatic carbocycles. The number of ether oxygens (including phenoxy) is 1. The van der Waals surface area contributed by atoms with Gasteiger partial charge in [0.25, 0.3) is 0 Å². The number of carbonyl (C=O) groups is 1. The van der Waals surface area contributed by atoms with E-state index in [1.807, 2.05) is 28.8 Å². The van der Waals surface area contributed by atoms with Crippen molar-refractivity contribution in [2.24, 2.45) is 0 Å². The first kappa shape index (κ1) is 17.9. The number of para-hydroxylation sites is 2. The zero-order valence-electron chi connectivity index (χ0n) is 15.2. The minimum absolute atomic E-state index is 0.0523. The highest BCUT2D eigenvalue weighted by Gasteiger charge is 2.24. The lowest BCUT2D eigenvalue weighted by Crippen LogP contribution is -2.42. The van der Waals surface area contributed by atoms with Crippen LogP contribution in [0.3, 0.4) is 0 Å². The summed E-state index contributed by atoms with van der Waals surface area (Å²) in [5.74, 6) is 1.01. The minimum atomic E-state index is 0.0523. The fraction of sp³-hybridized carbons (Fsp3) is 0.579. The first-order valence-electron chi connectivity index (χ1n) is 9.16. The average Bonchev–Trinajstić information content (AvgIpc) is 3.22. The van der Waals surface area contributed by atoms with Crippen molar-refractivity contribution >= 4 is 16.9 Å². The fourth-order valence-corrected chi connectivity index (χ4v) is 3.63. The van der Waals surface area contributed by atoms with Crippen LogP contribution in [0.25, 0.3) is 11.0 Å². The van der Waals surface area contributed by atoms with Gasteiger partial charge in [0.05, 0.1) is 17.6 Å². The van der Waals surface area contributed by atoms with Crippen LogP contribution in [0.5, 0.6) is 0 Å². The Kier molecular flexibility index (Phi) is 6.04. The van der Waals surface area contributed by atoms with E-state index in [0.29, 0.717) is 19.1 Å². The molecule has 136 valence electrons. The predicted octanol–water partition coefficient (Wildman–Crippen LogP) is 1.83. The summed E-state index contributed by atoms with van der Waals surface area (Å²) < 4.78 is 7.20. The third-order valence-corrected chi connectivity index (χ3v) is 4.97. The Bertz CT molecular complexity index is 713. The molecule has 0 spiro atoms. The first-order chi connectivity index (χ1) is 12.2. The summed E-state index contributed by atoms with van der Waals surface area (Å²) in [6.07, 6.45) is 3.14. The number of aromatic nitrogens is 2. The van der Waals surface area contributed by atoms with E-state index >= 15 is 0 Å². The molecule has 3 rings (SSSR count). The van der Waals surface area contributed by atoms with Gasteiger partial charge in [-0.2, -0.15) is 0 Å². The van der Waals surface area contributed by atoms with Gasteiger partial charge in [0.15, 0.2) is 0 Å². The summed E-state index contributed by atoms with van der Waals surface area (Å²) in [5, 5.41) is 3.12. The molecule has 6 nitrogen and oxygen atoms in total. The van der Waals surface area contributed by atoms with Crippen LogP contribution >= 0.6 is 0 Å². The van der Waals surface area contributed by atoms with Gasteiger partial charge in [-0.25, -0.2) is 4.98 Å². The van der Waals surface area contributed by atoms with E-state index in [1.54, 1.807) is 7.11 Å². The molecule has 0 aliphatic carbocycles. The molecule has 0 radical (unpaired) electrons. The number of amides is 1. The van der Waals surface area contributed by atoms with E-state index in [4.69, 9.17) is 4.74 Å². The zero-order valence-corrected chi connectivity index (χ0v) is 15.2. The van der Waals surface area contributed by atoms with Gasteiger partial charge in [0.2, 0.25) is 5.91 Å². The van der Waals surface area contributed by atoms with Crippen molar-refractivity contribution in [2.45, 2.75) is 38.8 Å². The molecule has 1 fully saturated rings. The summed E-state index contributed by atoms with van der Waals surface area (Å²) >= 11 is 0. The van der Waals surface area contributed by atoms with Crippen LogP contribution in [-0.4, -0.2) is 59.8 Å². The van der Waals surface area contributed by atoms with Crippen LogP contribution in [0.1, 0.15) is 25.6 Å². The molecule has 1 aliphatic heterocycles. The molecule has 0 bridgehead atoms. The molecule has 1 N–H and O–H groups in total. The normalized spacial score (nSPS) is 18.1. The second-order valence-corrected chi connectivity index (χ2v) is 6.59. The number of methoxy groups -OCH3 is 1. The van der Waals surface area contributed by atoms with Gasteiger partial charge in [0.1, 0.15) is 12.4 Å². The highest BCUT2D eigenvalue weighted by atomic mass is 16.5. The van der Waals surface area contributed by atoms with E-state index in [2.05, 4.69) is 22.1 Å². The molecule has 1 aromatic heterocycles. The van der Waals surface area contributed by atoms with Gasteiger partial charge in [-0.05, 0) is 31.5 Å². The number of nitrogens with zero attached hydrogens (tertiary/aromatic N) is 3. The van der Waals surface area contributed by atoms with Gasteiger partial charge in [-0.3, -0.25) is 9.69 Å². The summed E-state index contributed by atoms with van der Waals surface area (Å²) in [6, 6.07) is 8.41. The first-order valence-corrected chi connectivity index (χ1v) is 9.16. The average molecular weight is 344 g/mol. The van der Waals surface area contributed by atoms with Crippen molar-refractivity contribution in [1.29, 1.82) is 0 Å². The summed E-state index contributed by atoms with van der Waals surface area (Å²) in [4.78, 5) is 19.5. The number of benzene rings is 1. The third-order valence-electron chi connectivity index (χ3n) is 4.97. The Morgan fingerprint density at radius 3 is 3.04 bits per heavy atom. The number of hydrogen-bond donors (Lipinski definition) is 1. The van der Waals surface area contributed by atoms with Gasteiger partial charge in [-0.1, -0.05) is 19.1 Å². The lowest BCUT2D eigenvalue weighted by Gasteiger charge is -2.24. The molecule has 1 amide bonds. The van der Waals surface area contributed by atoms with Gasteiger partial charge < -0.3 is 14.6 Å². The Hall–Kier alpha value is -1.92. The summed E-state index contributed by atoms with van der Waals surface area (Å²) in [6.45, 7) is 5.87. The van der Waals surface area contributed by atoms with Crippen molar-refractivity contribution in [3.8, 4) is 0 Å². The number of imidazole rings is 1. The molecule has 6 heteroatoms. The molecule has 25 heavy (non-hydrogen) atoms. The van der Waals surface area contributed by atoms with Gasteiger partial charge in [0, 0.05) is 32.7 Å². The number of fused-ring (bicyclic) bond motifs is 1. The monoisotopic (exact) mass is 344 g/mol. The van der Waals surface area contributed by atoms with Crippen molar-refractivity contribution in [3.63, 3.8) is 0 Å². The SMILES string of the molecule is CCc1nc2ccccc2n1CC(=O)NC[C@H]1CCCN1CCOC. The fourth-order valence-electron chi connectivity index (χ4n) is 3.63. The van der Waals surface area contributed by atoms with Crippen LogP contribution in [0.15, 0.2) is 24.3 Å². The highest BCUT2D eigenvalue weighted by molar-refractivity contribution is 5.81.